The number of likely N-dealkylation sites (N-methyl/N-ethyl adjacent to an activating group) is 1. The Balaban J connectivity index is 2.13. The highest BCUT2D eigenvalue weighted by molar-refractivity contribution is 5.68. The molecule has 0 aromatic heterocycles. The number of phenols is 1. The molecule has 1 amide bonds. The van der Waals surface area contributed by atoms with E-state index in [9.17, 15) is 9.90 Å². The molecule has 1 aromatic rings. The van der Waals surface area contributed by atoms with Gasteiger partial charge in [0, 0.05) is 25.6 Å². The Morgan fingerprint density at radius 1 is 1.42 bits per heavy atom. The van der Waals surface area contributed by atoms with Crippen molar-refractivity contribution in [2.75, 3.05) is 26.7 Å². The summed E-state index contributed by atoms with van der Waals surface area (Å²) in [7, 11) is 1.92. The lowest BCUT2D eigenvalue weighted by atomic mass is 9.80. The molecule has 2 atom stereocenters. The summed E-state index contributed by atoms with van der Waals surface area (Å²) in [6.07, 6.45) is 1.75. The predicted molar refractivity (Wildman–Crippen MR) is 95.3 cm³/mol. The molecule has 0 spiro atoms. The van der Waals surface area contributed by atoms with E-state index in [0.717, 1.165) is 31.5 Å². The molecule has 1 aliphatic heterocycles. The number of rotatable bonds is 4. The number of carbonyl (C=O) groups excluding carboxylic acids is 1. The fourth-order valence-electron chi connectivity index (χ4n) is 3.38. The molecule has 24 heavy (non-hydrogen) atoms. The van der Waals surface area contributed by atoms with Crippen LogP contribution in [-0.2, 0) is 4.74 Å². The van der Waals surface area contributed by atoms with E-state index in [1.807, 2.05) is 50.9 Å². The number of benzene rings is 1. The summed E-state index contributed by atoms with van der Waals surface area (Å²) in [5.74, 6) is 0.792. The first-order valence-electron chi connectivity index (χ1n) is 8.72. The van der Waals surface area contributed by atoms with Gasteiger partial charge in [0.1, 0.15) is 11.4 Å². The second kappa shape index (κ2) is 7.88. The zero-order valence-electron chi connectivity index (χ0n) is 15.2. The molecule has 0 aliphatic carbocycles. The van der Waals surface area contributed by atoms with Crippen LogP contribution in [0.15, 0.2) is 24.3 Å². The summed E-state index contributed by atoms with van der Waals surface area (Å²) < 4.78 is 5.52. The molecule has 2 N–H and O–H groups in total. The highest BCUT2D eigenvalue weighted by atomic mass is 16.6. The van der Waals surface area contributed by atoms with Gasteiger partial charge in [0.05, 0.1) is 0 Å². The number of nitrogens with zero attached hydrogens (tertiary/aromatic N) is 1. The number of ether oxygens (including phenoxy) is 1. The molecule has 0 saturated carbocycles. The second-order valence-electron chi connectivity index (χ2n) is 7.55. The largest absolute Gasteiger partial charge is 0.508 e. The van der Waals surface area contributed by atoms with E-state index in [1.165, 1.54) is 0 Å². The lowest BCUT2D eigenvalue weighted by Gasteiger charge is -2.38. The van der Waals surface area contributed by atoms with Crippen molar-refractivity contribution in [1.29, 1.82) is 0 Å². The van der Waals surface area contributed by atoms with Crippen molar-refractivity contribution in [2.45, 2.75) is 45.1 Å². The average Bonchev–Trinajstić information content (AvgIpc) is 2.52. The van der Waals surface area contributed by atoms with Crippen molar-refractivity contribution in [1.82, 2.24) is 10.2 Å². The molecule has 0 radical (unpaired) electrons. The summed E-state index contributed by atoms with van der Waals surface area (Å²) in [4.78, 5) is 14.2. The van der Waals surface area contributed by atoms with E-state index in [4.69, 9.17) is 4.74 Å². The van der Waals surface area contributed by atoms with E-state index in [-0.39, 0.29) is 12.0 Å². The normalized spacial score (nSPS) is 19.8. The first-order valence-corrected chi connectivity index (χ1v) is 8.72. The molecular weight excluding hydrogens is 304 g/mol. The van der Waals surface area contributed by atoms with Crippen LogP contribution in [0.25, 0.3) is 0 Å². The number of nitrogens with one attached hydrogen (secondary N) is 1. The number of para-hydroxylation sites is 1. The van der Waals surface area contributed by atoms with Gasteiger partial charge in [-0.2, -0.15) is 0 Å². The number of hydrogen-bond donors (Lipinski definition) is 2. The maximum absolute atomic E-state index is 12.4. The Labute approximate surface area is 145 Å². The van der Waals surface area contributed by atoms with Gasteiger partial charge in [-0.15, -0.1) is 0 Å². The van der Waals surface area contributed by atoms with Gasteiger partial charge in [0.15, 0.2) is 0 Å². The molecule has 134 valence electrons. The van der Waals surface area contributed by atoms with E-state index >= 15 is 0 Å². The number of aromatic hydroxyl groups is 1. The first-order chi connectivity index (χ1) is 11.3. The third-order valence-corrected chi connectivity index (χ3v) is 4.44. The van der Waals surface area contributed by atoms with Gasteiger partial charge >= 0.3 is 6.09 Å². The fraction of sp³-hybridized carbons (Fsp3) is 0.632. The van der Waals surface area contributed by atoms with Crippen LogP contribution in [0.1, 0.15) is 45.1 Å². The van der Waals surface area contributed by atoms with Crippen LogP contribution < -0.4 is 5.32 Å². The molecule has 5 heteroatoms. The highest BCUT2D eigenvalue weighted by Gasteiger charge is 2.33. The van der Waals surface area contributed by atoms with Crippen molar-refractivity contribution >= 4 is 6.09 Å². The monoisotopic (exact) mass is 334 g/mol. The van der Waals surface area contributed by atoms with Crippen molar-refractivity contribution in [3.8, 4) is 5.75 Å². The van der Waals surface area contributed by atoms with Crippen molar-refractivity contribution in [2.24, 2.45) is 5.92 Å². The van der Waals surface area contributed by atoms with Crippen molar-refractivity contribution in [3.63, 3.8) is 0 Å². The summed E-state index contributed by atoms with van der Waals surface area (Å²) in [5.41, 5.74) is 0.467. The van der Waals surface area contributed by atoms with Gasteiger partial charge in [-0.3, -0.25) is 0 Å². The third kappa shape index (κ3) is 4.87. The standard InChI is InChI=1S/C19H30N2O3/c1-19(2,3)24-18(23)21-11-7-8-14(13-21)16(12-20-4)15-9-5-6-10-17(15)22/h5-6,9-10,14,16,20,22H,7-8,11-13H2,1-4H3. The molecule has 1 aliphatic rings. The van der Waals surface area contributed by atoms with Gasteiger partial charge in [-0.25, -0.2) is 4.79 Å². The zero-order chi connectivity index (χ0) is 17.7. The first kappa shape index (κ1) is 18.6. The summed E-state index contributed by atoms with van der Waals surface area (Å²) in [6.45, 7) is 7.83. The number of hydrogen-bond acceptors (Lipinski definition) is 4. The molecule has 1 heterocycles. The lowest BCUT2D eigenvalue weighted by molar-refractivity contribution is 0.0151. The maximum Gasteiger partial charge on any atom is 0.410 e. The molecule has 5 nitrogen and oxygen atoms in total. The quantitative estimate of drug-likeness (QED) is 0.886. The number of carbonyl (C=O) groups is 1. The van der Waals surface area contributed by atoms with Gasteiger partial charge in [-0.1, -0.05) is 18.2 Å². The minimum atomic E-state index is -0.480. The van der Waals surface area contributed by atoms with Crippen LogP contribution in [0.3, 0.4) is 0 Å². The SMILES string of the molecule is CNCC(c1ccccc1O)C1CCCN(C(=O)OC(C)(C)C)C1. The van der Waals surface area contributed by atoms with Gasteiger partial charge in [0.2, 0.25) is 0 Å². The number of amides is 1. The third-order valence-electron chi connectivity index (χ3n) is 4.44. The van der Waals surface area contributed by atoms with Crippen LogP contribution in [0.5, 0.6) is 5.75 Å². The maximum atomic E-state index is 12.4. The predicted octanol–water partition coefficient (Wildman–Crippen LogP) is 3.34. The van der Waals surface area contributed by atoms with E-state index in [2.05, 4.69) is 5.32 Å². The summed E-state index contributed by atoms with van der Waals surface area (Å²) in [6, 6.07) is 7.49. The smallest absolute Gasteiger partial charge is 0.410 e. The summed E-state index contributed by atoms with van der Waals surface area (Å²) in [5, 5.41) is 13.5. The Morgan fingerprint density at radius 2 is 2.12 bits per heavy atom. The molecule has 1 aromatic carbocycles. The Bertz CT molecular complexity index is 554. The van der Waals surface area contributed by atoms with Crippen molar-refractivity contribution < 1.29 is 14.6 Å². The molecule has 1 saturated heterocycles. The van der Waals surface area contributed by atoms with Crippen LogP contribution >= 0.6 is 0 Å². The van der Waals surface area contributed by atoms with Crippen LogP contribution in [0.2, 0.25) is 0 Å². The number of piperidine rings is 1. The molecule has 2 rings (SSSR count). The minimum absolute atomic E-state index is 0.168. The van der Waals surface area contributed by atoms with Crippen LogP contribution in [-0.4, -0.2) is 48.4 Å². The summed E-state index contributed by atoms with van der Waals surface area (Å²) >= 11 is 0. The minimum Gasteiger partial charge on any atom is -0.508 e. The van der Waals surface area contributed by atoms with Crippen LogP contribution in [0.4, 0.5) is 4.79 Å². The van der Waals surface area contributed by atoms with E-state index in [0.29, 0.717) is 18.2 Å². The molecule has 2 unspecified atom stereocenters. The fourth-order valence-corrected chi connectivity index (χ4v) is 3.38. The topological polar surface area (TPSA) is 61.8 Å². The van der Waals surface area contributed by atoms with Gasteiger partial charge < -0.3 is 20.1 Å². The molecule has 0 bridgehead atoms. The van der Waals surface area contributed by atoms with Crippen molar-refractivity contribution in [3.05, 3.63) is 29.8 Å². The van der Waals surface area contributed by atoms with E-state index in [1.54, 1.807) is 6.07 Å². The Hall–Kier alpha value is -1.75. The Morgan fingerprint density at radius 3 is 2.75 bits per heavy atom. The highest BCUT2D eigenvalue weighted by Crippen LogP contribution is 2.35. The second-order valence-corrected chi connectivity index (χ2v) is 7.55. The Kier molecular flexibility index (Phi) is 6.10. The number of phenolic OH excluding ortho intramolecular Hbond substituents is 1. The average molecular weight is 334 g/mol. The molecule has 1 fully saturated rings. The van der Waals surface area contributed by atoms with E-state index < -0.39 is 5.60 Å². The van der Waals surface area contributed by atoms with Gasteiger partial charge in [-0.05, 0) is 58.2 Å². The zero-order valence-corrected chi connectivity index (χ0v) is 15.2. The van der Waals surface area contributed by atoms with Crippen LogP contribution in [0, 0.1) is 5.92 Å². The number of likely N-dealkylation sites (tertiary alicyclic amines) is 1. The molecular formula is C19H30N2O3. The van der Waals surface area contributed by atoms with Gasteiger partial charge in [0.25, 0.3) is 0 Å². The lowest BCUT2D eigenvalue weighted by Crippen LogP contribution is -2.45.